The number of hydrogen-bond acceptors (Lipinski definition) is 3. The Labute approximate surface area is 93.6 Å². The van der Waals surface area contributed by atoms with Crippen molar-refractivity contribution in [2.24, 2.45) is 0 Å². The van der Waals surface area contributed by atoms with Crippen molar-refractivity contribution >= 4 is 5.82 Å². The number of fused-ring (bicyclic) bond motifs is 1. The van der Waals surface area contributed by atoms with Gasteiger partial charge in [0.2, 0.25) is 0 Å². The van der Waals surface area contributed by atoms with Crippen LogP contribution in [0.4, 0.5) is 5.82 Å². The topological polar surface area (TPSA) is 53.1 Å². The van der Waals surface area contributed by atoms with Gasteiger partial charge in [0.05, 0.1) is 24.6 Å². The molecule has 3 rings (SSSR count). The van der Waals surface area contributed by atoms with Crippen LogP contribution in [0.25, 0.3) is 5.69 Å². The second-order valence-corrected chi connectivity index (χ2v) is 4.00. The predicted octanol–water partition coefficient (Wildman–Crippen LogP) is 1.79. The average Bonchev–Trinajstić information content (AvgIpc) is 2.84. The molecule has 0 saturated carbocycles. The van der Waals surface area contributed by atoms with Gasteiger partial charge in [0.15, 0.2) is 5.82 Å². The zero-order valence-corrected chi connectivity index (χ0v) is 9.10. The van der Waals surface area contributed by atoms with E-state index in [1.807, 2.05) is 22.9 Å². The van der Waals surface area contributed by atoms with E-state index in [9.17, 15) is 0 Å². The maximum Gasteiger partial charge on any atom is 0.151 e. The lowest BCUT2D eigenvalue weighted by molar-refractivity contribution is 0.131. The van der Waals surface area contributed by atoms with Crippen molar-refractivity contribution in [3.63, 3.8) is 0 Å². The molecule has 4 nitrogen and oxygen atoms in total. The Kier molecular flexibility index (Phi) is 1.97. The van der Waals surface area contributed by atoms with E-state index in [-0.39, 0.29) is 0 Å². The normalized spacial score (nSPS) is 14.1. The van der Waals surface area contributed by atoms with Crippen LogP contribution in [-0.2, 0) is 18.0 Å². The summed E-state index contributed by atoms with van der Waals surface area (Å²) in [6.45, 7) is 3.23. The van der Waals surface area contributed by atoms with Gasteiger partial charge in [-0.2, -0.15) is 0 Å². The third-order valence-corrected chi connectivity index (χ3v) is 2.95. The molecule has 4 heteroatoms. The zero-order chi connectivity index (χ0) is 11.1. The van der Waals surface area contributed by atoms with Crippen LogP contribution in [-0.4, -0.2) is 9.78 Å². The van der Waals surface area contributed by atoms with E-state index in [4.69, 9.17) is 10.5 Å². The number of nitrogens with zero attached hydrogens (tertiary/aromatic N) is 2. The second kappa shape index (κ2) is 3.35. The first-order valence-corrected chi connectivity index (χ1v) is 5.27. The van der Waals surface area contributed by atoms with Crippen molar-refractivity contribution < 1.29 is 4.74 Å². The van der Waals surface area contributed by atoms with Crippen LogP contribution in [0.1, 0.15) is 16.8 Å². The summed E-state index contributed by atoms with van der Waals surface area (Å²) < 4.78 is 7.29. The molecule has 0 saturated heterocycles. The summed E-state index contributed by atoms with van der Waals surface area (Å²) in [5.41, 5.74) is 10.2. The molecule has 16 heavy (non-hydrogen) atoms. The maximum absolute atomic E-state index is 5.87. The first kappa shape index (κ1) is 9.42. The maximum atomic E-state index is 5.87. The highest BCUT2D eigenvalue weighted by Gasteiger charge is 2.22. The smallest absolute Gasteiger partial charge is 0.151 e. The standard InChI is InChI=1S/C12H13N3O/c1-8-4-2-3-5-10(8)15-11-7-16-6-9(11)12(13)14-15/h2-5H,6-7H2,1H3,(H2,13,14). The molecule has 0 unspecified atom stereocenters. The summed E-state index contributed by atoms with van der Waals surface area (Å²) >= 11 is 0. The molecule has 82 valence electrons. The average molecular weight is 215 g/mol. The molecule has 0 bridgehead atoms. The van der Waals surface area contributed by atoms with Gasteiger partial charge in [-0.15, -0.1) is 5.10 Å². The van der Waals surface area contributed by atoms with Gasteiger partial charge in [-0.05, 0) is 18.6 Å². The molecule has 0 atom stereocenters. The molecule has 0 spiro atoms. The van der Waals surface area contributed by atoms with Crippen LogP contribution in [0.2, 0.25) is 0 Å². The minimum Gasteiger partial charge on any atom is -0.382 e. The summed E-state index contributed by atoms with van der Waals surface area (Å²) in [5.74, 6) is 0.579. The number of ether oxygens (including phenoxy) is 1. The Balaban J connectivity index is 2.21. The third-order valence-electron chi connectivity index (χ3n) is 2.95. The predicted molar refractivity (Wildman–Crippen MR) is 61.2 cm³/mol. The number of para-hydroxylation sites is 1. The van der Waals surface area contributed by atoms with Crippen molar-refractivity contribution in [3.8, 4) is 5.69 Å². The van der Waals surface area contributed by atoms with Crippen molar-refractivity contribution in [1.82, 2.24) is 9.78 Å². The number of aromatic nitrogens is 2. The Bertz CT molecular complexity index is 545. The van der Waals surface area contributed by atoms with Crippen molar-refractivity contribution in [2.45, 2.75) is 20.1 Å². The Morgan fingerprint density at radius 3 is 2.94 bits per heavy atom. The van der Waals surface area contributed by atoms with E-state index in [0.29, 0.717) is 19.0 Å². The highest BCUT2D eigenvalue weighted by Crippen LogP contribution is 2.28. The van der Waals surface area contributed by atoms with Gasteiger partial charge in [0.1, 0.15) is 0 Å². The SMILES string of the molecule is Cc1ccccc1-n1nc(N)c2c1COC2. The van der Waals surface area contributed by atoms with Crippen molar-refractivity contribution in [1.29, 1.82) is 0 Å². The summed E-state index contributed by atoms with van der Waals surface area (Å²) in [5, 5.41) is 4.38. The number of anilines is 1. The van der Waals surface area contributed by atoms with Gasteiger partial charge in [-0.25, -0.2) is 4.68 Å². The molecule has 1 aliphatic rings. The van der Waals surface area contributed by atoms with E-state index in [1.165, 1.54) is 5.56 Å². The summed E-state index contributed by atoms with van der Waals surface area (Å²) in [6.07, 6.45) is 0. The second-order valence-electron chi connectivity index (χ2n) is 4.00. The van der Waals surface area contributed by atoms with Crippen LogP contribution in [0, 0.1) is 6.92 Å². The lowest BCUT2D eigenvalue weighted by Crippen LogP contribution is -2.03. The molecule has 0 radical (unpaired) electrons. The first-order chi connectivity index (χ1) is 7.77. The molecule has 1 aromatic carbocycles. The number of benzene rings is 1. The number of rotatable bonds is 1. The van der Waals surface area contributed by atoms with Gasteiger partial charge in [-0.1, -0.05) is 18.2 Å². The third kappa shape index (κ3) is 1.23. The minimum absolute atomic E-state index is 0.576. The number of nitrogen functional groups attached to an aromatic ring is 1. The van der Waals surface area contributed by atoms with Crippen LogP contribution in [0.15, 0.2) is 24.3 Å². The summed E-state index contributed by atoms with van der Waals surface area (Å²) in [7, 11) is 0. The molecule has 0 aliphatic carbocycles. The van der Waals surface area contributed by atoms with Crippen LogP contribution in [0.3, 0.4) is 0 Å². The van der Waals surface area contributed by atoms with E-state index in [0.717, 1.165) is 16.9 Å². The fourth-order valence-corrected chi connectivity index (χ4v) is 2.06. The quantitative estimate of drug-likeness (QED) is 0.789. The van der Waals surface area contributed by atoms with Gasteiger partial charge in [0, 0.05) is 5.56 Å². The molecule has 2 N–H and O–H groups in total. The number of nitrogens with two attached hydrogens (primary N) is 1. The zero-order valence-electron chi connectivity index (χ0n) is 9.10. The number of hydrogen-bond donors (Lipinski definition) is 1. The Morgan fingerprint density at radius 1 is 1.31 bits per heavy atom. The molecule has 2 aromatic rings. The van der Waals surface area contributed by atoms with E-state index in [2.05, 4.69) is 18.1 Å². The Morgan fingerprint density at radius 2 is 2.12 bits per heavy atom. The molecule has 0 amide bonds. The molecule has 1 aliphatic heterocycles. The fourth-order valence-electron chi connectivity index (χ4n) is 2.06. The van der Waals surface area contributed by atoms with Gasteiger partial charge in [0.25, 0.3) is 0 Å². The van der Waals surface area contributed by atoms with Gasteiger partial charge >= 0.3 is 0 Å². The van der Waals surface area contributed by atoms with Crippen molar-refractivity contribution in [2.75, 3.05) is 5.73 Å². The molecule has 0 fully saturated rings. The van der Waals surface area contributed by atoms with E-state index < -0.39 is 0 Å². The summed E-state index contributed by atoms with van der Waals surface area (Å²) in [4.78, 5) is 0. The summed E-state index contributed by atoms with van der Waals surface area (Å²) in [6, 6.07) is 8.13. The molecule has 2 heterocycles. The fraction of sp³-hybridized carbons (Fsp3) is 0.250. The highest BCUT2D eigenvalue weighted by atomic mass is 16.5. The monoisotopic (exact) mass is 215 g/mol. The van der Waals surface area contributed by atoms with E-state index >= 15 is 0 Å². The lowest BCUT2D eigenvalue weighted by Gasteiger charge is -2.07. The first-order valence-electron chi connectivity index (χ1n) is 5.27. The van der Waals surface area contributed by atoms with E-state index in [1.54, 1.807) is 0 Å². The minimum atomic E-state index is 0.576. The lowest BCUT2D eigenvalue weighted by atomic mass is 10.2. The van der Waals surface area contributed by atoms with Crippen LogP contribution in [0.5, 0.6) is 0 Å². The molecule has 1 aromatic heterocycles. The molecular weight excluding hydrogens is 202 g/mol. The Hall–Kier alpha value is -1.81. The largest absolute Gasteiger partial charge is 0.382 e. The van der Waals surface area contributed by atoms with Crippen molar-refractivity contribution in [3.05, 3.63) is 41.1 Å². The highest BCUT2D eigenvalue weighted by molar-refractivity contribution is 5.49. The van der Waals surface area contributed by atoms with Crippen LogP contribution >= 0.6 is 0 Å². The number of aryl methyl sites for hydroxylation is 1. The molecular formula is C12H13N3O. The van der Waals surface area contributed by atoms with Gasteiger partial charge in [-0.3, -0.25) is 0 Å². The van der Waals surface area contributed by atoms with Gasteiger partial charge < -0.3 is 10.5 Å². The van der Waals surface area contributed by atoms with Crippen LogP contribution < -0.4 is 5.73 Å².